The van der Waals surface area contributed by atoms with Crippen molar-refractivity contribution in [3.05, 3.63) is 65.2 Å². The predicted molar refractivity (Wildman–Crippen MR) is 111 cm³/mol. The van der Waals surface area contributed by atoms with Crippen LogP contribution in [0.3, 0.4) is 0 Å². The van der Waals surface area contributed by atoms with Crippen molar-refractivity contribution in [2.45, 2.75) is 50.6 Å². The molecule has 0 radical (unpaired) electrons. The van der Waals surface area contributed by atoms with E-state index < -0.39 is 0 Å². The van der Waals surface area contributed by atoms with Crippen molar-refractivity contribution < 1.29 is 4.79 Å². The lowest BCUT2D eigenvalue weighted by Crippen LogP contribution is -2.36. The van der Waals surface area contributed by atoms with Gasteiger partial charge in [0.25, 0.3) is 0 Å². The van der Waals surface area contributed by atoms with Crippen molar-refractivity contribution in [3.63, 3.8) is 0 Å². The molecule has 2 aliphatic rings. The Hall–Kier alpha value is -1.78. The van der Waals surface area contributed by atoms with Crippen molar-refractivity contribution in [2.24, 2.45) is 5.92 Å². The molecule has 142 valence electrons. The first-order valence-corrected chi connectivity index (χ1v) is 10.8. The first-order chi connectivity index (χ1) is 13.2. The number of benzene rings is 2. The summed E-state index contributed by atoms with van der Waals surface area (Å²) in [6.07, 6.45) is 3.15. The molecule has 3 nitrogen and oxygen atoms in total. The normalized spacial score (nSPS) is 17.7. The summed E-state index contributed by atoms with van der Waals surface area (Å²) < 4.78 is 2.43. The van der Waals surface area contributed by atoms with Crippen molar-refractivity contribution in [1.82, 2.24) is 9.21 Å². The summed E-state index contributed by atoms with van der Waals surface area (Å²) in [6, 6.07) is 17.8. The molecule has 0 bridgehead atoms. The van der Waals surface area contributed by atoms with E-state index in [1.807, 2.05) is 11.9 Å². The minimum absolute atomic E-state index is 0.318. The Bertz CT molecular complexity index is 803. The molecule has 1 amide bonds. The molecule has 0 unspecified atom stereocenters. The quantitative estimate of drug-likeness (QED) is 0.654. The van der Waals surface area contributed by atoms with Crippen LogP contribution in [0.15, 0.2) is 53.4 Å². The van der Waals surface area contributed by atoms with Gasteiger partial charge in [-0.3, -0.25) is 4.79 Å². The molecule has 1 atom stereocenters. The van der Waals surface area contributed by atoms with E-state index in [4.69, 9.17) is 0 Å². The summed E-state index contributed by atoms with van der Waals surface area (Å²) in [5.41, 5.74) is 4.07. The number of carbonyl (C=O) groups is 1. The van der Waals surface area contributed by atoms with Gasteiger partial charge in [-0.2, -0.15) is 0 Å². The molecule has 1 saturated carbocycles. The molecule has 4 rings (SSSR count). The third-order valence-corrected chi connectivity index (χ3v) is 6.95. The zero-order chi connectivity index (χ0) is 18.8. The fourth-order valence-corrected chi connectivity index (χ4v) is 4.82. The Labute approximate surface area is 166 Å². The van der Waals surface area contributed by atoms with Gasteiger partial charge in [0.05, 0.1) is 0 Å². The van der Waals surface area contributed by atoms with Gasteiger partial charge < -0.3 is 4.90 Å². The van der Waals surface area contributed by atoms with Crippen LogP contribution in [0.25, 0.3) is 0 Å². The fourth-order valence-electron chi connectivity index (χ4n) is 3.81. The Morgan fingerprint density at radius 1 is 1.19 bits per heavy atom. The van der Waals surface area contributed by atoms with Crippen LogP contribution in [-0.2, 0) is 17.8 Å². The highest BCUT2D eigenvalue weighted by Crippen LogP contribution is 2.35. The molecule has 2 aromatic rings. The minimum atomic E-state index is 0.318. The highest BCUT2D eigenvalue weighted by Gasteiger charge is 2.34. The maximum Gasteiger partial charge on any atom is 0.225 e. The number of fused-ring (bicyclic) bond motifs is 1. The number of hydrogen-bond acceptors (Lipinski definition) is 3. The van der Waals surface area contributed by atoms with Gasteiger partial charge in [0, 0.05) is 36.5 Å². The lowest BCUT2D eigenvalue weighted by Gasteiger charge is -2.30. The second kappa shape index (κ2) is 8.07. The Morgan fingerprint density at radius 3 is 2.67 bits per heavy atom. The van der Waals surface area contributed by atoms with Crippen LogP contribution in [0.4, 0.5) is 0 Å². The first-order valence-electron chi connectivity index (χ1n) is 10.1. The van der Waals surface area contributed by atoms with Gasteiger partial charge in [-0.25, -0.2) is 4.31 Å². The molecule has 0 spiro atoms. The molecule has 0 aromatic heterocycles. The number of carbonyl (C=O) groups excluding carboxylic acids is 1. The SMILES string of the molecule is CCN(Sc1ccc2c(c1)CCN(C(=O)C1CC1)C2)[C@H](C)c1ccccc1. The van der Waals surface area contributed by atoms with Crippen LogP contribution >= 0.6 is 11.9 Å². The summed E-state index contributed by atoms with van der Waals surface area (Å²) in [5.74, 6) is 0.687. The smallest absolute Gasteiger partial charge is 0.225 e. The maximum atomic E-state index is 12.3. The van der Waals surface area contributed by atoms with Crippen LogP contribution in [-0.4, -0.2) is 28.2 Å². The van der Waals surface area contributed by atoms with E-state index in [2.05, 4.69) is 71.6 Å². The lowest BCUT2D eigenvalue weighted by molar-refractivity contribution is -0.133. The molecule has 1 fully saturated rings. The number of nitrogens with zero attached hydrogens (tertiary/aromatic N) is 2. The van der Waals surface area contributed by atoms with Gasteiger partial charge >= 0.3 is 0 Å². The van der Waals surface area contributed by atoms with E-state index in [0.717, 1.165) is 38.9 Å². The van der Waals surface area contributed by atoms with E-state index >= 15 is 0 Å². The van der Waals surface area contributed by atoms with Crippen molar-refractivity contribution in [1.29, 1.82) is 0 Å². The zero-order valence-corrected chi connectivity index (χ0v) is 17.0. The number of rotatable bonds is 6. The van der Waals surface area contributed by atoms with Gasteiger partial charge in [0.1, 0.15) is 0 Å². The fraction of sp³-hybridized carbons (Fsp3) is 0.435. The van der Waals surface area contributed by atoms with Crippen molar-refractivity contribution in [2.75, 3.05) is 13.1 Å². The maximum absolute atomic E-state index is 12.3. The second-order valence-electron chi connectivity index (χ2n) is 7.63. The van der Waals surface area contributed by atoms with Crippen LogP contribution < -0.4 is 0 Å². The van der Waals surface area contributed by atoms with Crippen LogP contribution in [0.1, 0.15) is 49.4 Å². The molecule has 0 saturated heterocycles. The van der Waals surface area contributed by atoms with Crippen molar-refractivity contribution >= 4 is 17.9 Å². The van der Waals surface area contributed by atoms with Crippen molar-refractivity contribution in [3.8, 4) is 0 Å². The van der Waals surface area contributed by atoms with E-state index in [1.165, 1.54) is 21.6 Å². The van der Waals surface area contributed by atoms with Gasteiger partial charge in [0.15, 0.2) is 0 Å². The third-order valence-electron chi connectivity index (χ3n) is 5.68. The predicted octanol–water partition coefficient (Wildman–Crippen LogP) is 5.07. The molecular formula is C23H28N2OS. The average Bonchev–Trinajstić information content (AvgIpc) is 3.56. The Morgan fingerprint density at radius 2 is 1.96 bits per heavy atom. The van der Waals surface area contributed by atoms with Crippen LogP contribution in [0, 0.1) is 5.92 Å². The number of hydrogen-bond donors (Lipinski definition) is 0. The average molecular weight is 381 g/mol. The van der Waals surface area contributed by atoms with Crippen LogP contribution in [0.2, 0.25) is 0 Å². The molecule has 1 aliphatic heterocycles. The summed E-state index contributed by atoms with van der Waals surface area (Å²) in [5, 5.41) is 0. The van der Waals surface area contributed by atoms with Gasteiger partial charge in [0.2, 0.25) is 5.91 Å². The van der Waals surface area contributed by atoms with E-state index in [9.17, 15) is 4.79 Å². The Balaban J connectivity index is 1.45. The minimum Gasteiger partial charge on any atom is -0.338 e. The highest BCUT2D eigenvalue weighted by molar-refractivity contribution is 7.97. The zero-order valence-electron chi connectivity index (χ0n) is 16.2. The lowest BCUT2D eigenvalue weighted by atomic mass is 9.99. The molecule has 2 aromatic carbocycles. The summed E-state index contributed by atoms with van der Waals surface area (Å²) >= 11 is 1.84. The molecule has 0 N–H and O–H groups in total. The molecular weight excluding hydrogens is 352 g/mol. The van der Waals surface area contributed by atoms with E-state index in [0.29, 0.717) is 17.9 Å². The second-order valence-corrected chi connectivity index (χ2v) is 8.75. The van der Waals surface area contributed by atoms with E-state index in [-0.39, 0.29) is 0 Å². The monoisotopic (exact) mass is 380 g/mol. The standard InChI is InChI=1S/C23H28N2OS/c1-3-25(17(2)18-7-5-4-6-8-18)27-22-12-11-21-16-24(14-13-20(21)15-22)23(26)19-9-10-19/h4-8,11-12,15,17,19H,3,9-10,13-14,16H2,1-2H3/t17-/m1/s1. The third kappa shape index (κ3) is 4.22. The summed E-state index contributed by atoms with van der Waals surface area (Å²) in [4.78, 5) is 15.7. The van der Waals surface area contributed by atoms with Crippen LogP contribution in [0.5, 0.6) is 0 Å². The van der Waals surface area contributed by atoms with Gasteiger partial charge in [-0.05, 0) is 67.0 Å². The molecule has 1 heterocycles. The largest absolute Gasteiger partial charge is 0.338 e. The molecule has 1 aliphatic carbocycles. The first kappa shape index (κ1) is 18.6. The van der Waals surface area contributed by atoms with Gasteiger partial charge in [-0.15, -0.1) is 0 Å². The number of amides is 1. The molecule has 4 heteroatoms. The summed E-state index contributed by atoms with van der Waals surface area (Å²) in [6.45, 7) is 7.13. The topological polar surface area (TPSA) is 23.6 Å². The molecule has 27 heavy (non-hydrogen) atoms. The van der Waals surface area contributed by atoms with Gasteiger partial charge in [-0.1, -0.05) is 43.3 Å². The Kier molecular flexibility index (Phi) is 5.55. The summed E-state index contributed by atoms with van der Waals surface area (Å²) in [7, 11) is 0. The van der Waals surface area contributed by atoms with E-state index in [1.54, 1.807) is 0 Å². The highest BCUT2D eigenvalue weighted by atomic mass is 32.2.